The van der Waals surface area contributed by atoms with Crippen molar-refractivity contribution < 1.29 is 18.4 Å². The van der Waals surface area contributed by atoms with Gasteiger partial charge in [-0.1, -0.05) is 0 Å². The molecular formula is C14H8F2N2O3. The fourth-order valence-electron chi connectivity index (χ4n) is 1.68. The molecule has 0 aliphatic carbocycles. The summed E-state index contributed by atoms with van der Waals surface area (Å²) in [6.45, 7) is -0.166. The number of halogens is 2. The maximum Gasteiger partial charge on any atom is 0.272 e. The van der Waals surface area contributed by atoms with Crippen LogP contribution in [0.4, 0.5) is 14.5 Å². The summed E-state index contributed by atoms with van der Waals surface area (Å²) in [5, 5.41) is 19.2. The Morgan fingerprint density at radius 3 is 2.62 bits per heavy atom. The third-order valence-corrected chi connectivity index (χ3v) is 2.61. The molecule has 0 N–H and O–H groups in total. The summed E-state index contributed by atoms with van der Waals surface area (Å²) in [6, 6.07) is 8.39. The highest BCUT2D eigenvalue weighted by Crippen LogP contribution is 2.23. The van der Waals surface area contributed by atoms with E-state index in [4.69, 9.17) is 10.00 Å². The summed E-state index contributed by atoms with van der Waals surface area (Å²) >= 11 is 0. The zero-order chi connectivity index (χ0) is 15.4. The molecule has 0 saturated heterocycles. The highest BCUT2D eigenvalue weighted by atomic mass is 19.1. The molecule has 5 nitrogen and oxygen atoms in total. The van der Waals surface area contributed by atoms with E-state index >= 15 is 0 Å². The van der Waals surface area contributed by atoms with Crippen LogP contribution < -0.4 is 4.74 Å². The lowest BCUT2D eigenvalue weighted by atomic mass is 10.1. The fourth-order valence-corrected chi connectivity index (χ4v) is 1.68. The molecule has 0 unspecified atom stereocenters. The van der Waals surface area contributed by atoms with Gasteiger partial charge in [0.1, 0.15) is 12.4 Å². The number of nitro benzene ring substituents is 1. The van der Waals surface area contributed by atoms with Gasteiger partial charge in [-0.25, -0.2) is 8.78 Å². The highest BCUT2D eigenvalue weighted by Gasteiger charge is 2.12. The predicted molar refractivity (Wildman–Crippen MR) is 68.5 cm³/mol. The highest BCUT2D eigenvalue weighted by molar-refractivity contribution is 5.38. The lowest BCUT2D eigenvalue weighted by Gasteiger charge is -2.07. The summed E-state index contributed by atoms with van der Waals surface area (Å²) in [7, 11) is 0. The number of benzene rings is 2. The third kappa shape index (κ3) is 3.51. The minimum absolute atomic E-state index is 0.123. The monoisotopic (exact) mass is 290 g/mol. The number of non-ortho nitro benzene ring substituents is 1. The van der Waals surface area contributed by atoms with Gasteiger partial charge in [-0.15, -0.1) is 0 Å². The van der Waals surface area contributed by atoms with Gasteiger partial charge < -0.3 is 4.74 Å². The molecule has 2 rings (SSSR count). The third-order valence-electron chi connectivity index (χ3n) is 2.61. The molecule has 0 saturated carbocycles. The molecule has 21 heavy (non-hydrogen) atoms. The molecule has 7 heteroatoms. The Morgan fingerprint density at radius 1 is 1.24 bits per heavy atom. The lowest BCUT2D eigenvalue weighted by molar-refractivity contribution is -0.385. The van der Waals surface area contributed by atoms with Crippen LogP contribution in [-0.2, 0) is 6.61 Å². The second kappa shape index (κ2) is 5.96. The number of hydrogen-bond acceptors (Lipinski definition) is 4. The van der Waals surface area contributed by atoms with Crippen LogP contribution in [0.15, 0.2) is 36.4 Å². The normalized spacial score (nSPS) is 9.95. The number of rotatable bonds is 4. The number of nitro groups is 1. The first-order valence-corrected chi connectivity index (χ1v) is 5.76. The molecule has 0 fully saturated rings. The van der Waals surface area contributed by atoms with Gasteiger partial charge in [0.2, 0.25) is 0 Å². The van der Waals surface area contributed by atoms with Crippen molar-refractivity contribution in [2.75, 3.05) is 0 Å². The van der Waals surface area contributed by atoms with Gasteiger partial charge in [0, 0.05) is 6.07 Å². The minimum Gasteiger partial charge on any atom is -0.486 e. The zero-order valence-electron chi connectivity index (χ0n) is 10.5. The quantitative estimate of drug-likeness (QED) is 0.639. The van der Waals surface area contributed by atoms with E-state index in [1.54, 1.807) is 6.07 Å². The van der Waals surface area contributed by atoms with E-state index in [1.807, 2.05) is 0 Å². The van der Waals surface area contributed by atoms with Crippen LogP contribution in [0, 0.1) is 33.1 Å². The minimum atomic E-state index is -0.888. The van der Waals surface area contributed by atoms with Crippen LogP contribution >= 0.6 is 0 Å². The molecule has 0 aliphatic rings. The molecule has 2 aromatic carbocycles. The first kappa shape index (κ1) is 14.4. The fraction of sp³-hybridized carbons (Fsp3) is 0.0714. The first-order chi connectivity index (χ1) is 9.99. The Bertz CT molecular complexity index is 741. The molecule has 0 radical (unpaired) electrons. The second-order valence-corrected chi connectivity index (χ2v) is 4.12. The van der Waals surface area contributed by atoms with E-state index in [1.165, 1.54) is 6.07 Å². The van der Waals surface area contributed by atoms with E-state index < -0.39 is 22.2 Å². The Kier molecular flexibility index (Phi) is 4.09. The predicted octanol–water partition coefficient (Wildman–Crippen LogP) is 3.32. The topological polar surface area (TPSA) is 76.2 Å². The molecule has 106 valence electrons. The number of ether oxygens (including phenoxy) is 1. The lowest BCUT2D eigenvalue weighted by Crippen LogP contribution is -1.99. The zero-order valence-corrected chi connectivity index (χ0v) is 10.5. The SMILES string of the molecule is N#Cc1cc(F)cc(COc2ccc([N+](=O)[O-])cc2F)c1. The van der Waals surface area contributed by atoms with Crippen LogP contribution in [0.25, 0.3) is 0 Å². The van der Waals surface area contributed by atoms with Crippen molar-refractivity contribution >= 4 is 5.69 Å². The molecule has 0 aromatic heterocycles. The molecule has 0 amide bonds. The van der Waals surface area contributed by atoms with E-state index in [2.05, 4.69) is 0 Å². The van der Waals surface area contributed by atoms with E-state index in [0.717, 1.165) is 30.3 Å². The summed E-state index contributed by atoms with van der Waals surface area (Å²) in [4.78, 5) is 9.75. The molecule has 0 bridgehead atoms. The van der Waals surface area contributed by atoms with Gasteiger partial charge in [-0.2, -0.15) is 5.26 Å². The van der Waals surface area contributed by atoms with E-state index in [9.17, 15) is 18.9 Å². The number of hydrogen-bond donors (Lipinski definition) is 0. The second-order valence-electron chi connectivity index (χ2n) is 4.12. The van der Waals surface area contributed by atoms with Gasteiger partial charge in [-0.3, -0.25) is 10.1 Å². The van der Waals surface area contributed by atoms with Crippen LogP contribution in [0.3, 0.4) is 0 Å². The number of nitrogens with zero attached hydrogens (tertiary/aromatic N) is 2. The smallest absolute Gasteiger partial charge is 0.272 e. The summed E-state index contributed by atoms with van der Waals surface area (Å²) < 4.78 is 31.9. The van der Waals surface area contributed by atoms with Crippen molar-refractivity contribution in [2.24, 2.45) is 0 Å². The van der Waals surface area contributed by atoms with Gasteiger partial charge >= 0.3 is 0 Å². The van der Waals surface area contributed by atoms with Crippen molar-refractivity contribution in [1.82, 2.24) is 0 Å². The van der Waals surface area contributed by atoms with Gasteiger partial charge in [0.15, 0.2) is 11.6 Å². The van der Waals surface area contributed by atoms with Crippen molar-refractivity contribution in [2.45, 2.75) is 6.61 Å². The molecule has 0 aliphatic heterocycles. The van der Waals surface area contributed by atoms with Crippen LogP contribution in [0.5, 0.6) is 5.75 Å². The average molecular weight is 290 g/mol. The van der Waals surface area contributed by atoms with Crippen molar-refractivity contribution in [3.05, 3.63) is 69.3 Å². The van der Waals surface area contributed by atoms with Gasteiger partial charge in [0.25, 0.3) is 5.69 Å². The van der Waals surface area contributed by atoms with Crippen molar-refractivity contribution in [3.63, 3.8) is 0 Å². The van der Waals surface area contributed by atoms with Crippen molar-refractivity contribution in [3.8, 4) is 11.8 Å². The summed E-state index contributed by atoms with van der Waals surface area (Å²) in [5.41, 5.74) is 0.0828. The maximum absolute atomic E-state index is 13.6. The molecule has 0 spiro atoms. The first-order valence-electron chi connectivity index (χ1n) is 5.76. The van der Waals surface area contributed by atoms with Crippen LogP contribution in [-0.4, -0.2) is 4.92 Å². The Balaban J connectivity index is 2.15. The average Bonchev–Trinajstić information content (AvgIpc) is 2.45. The largest absolute Gasteiger partial charge is 0.486 e. The Morgan fingerprint density at radius 2 is 2.00 bits per heavy atom. The van der Waals surface area contributed by atoms with Crippen molar-refractivity contribution in [1.29, 1.82) is 5.26 Å². The van der Waals surface area contributed by atoms with Gasteiger partial charge in [-0.05, 0) is 29.8 Å². The van der Waals surface area contributed by atoms with Crippen LogP contribution in [0.2, 0.25) is 0 Å². The maximum atomic E-state index is 13.6. The summed E-state index contributed by atoms with van der Waals surface area (Å²) in [6.07, 6.45) is 0. The van der Waals surface area contributed by atoms with E-state index in [0.29, 0.717) is 5.56 Å². The molecule has 2 aromatic rings. The van der Waals surface area contributed by atoms with Gasteiger partial charge in [0.05, 0.1) is 22.6 Å². The standard InChI is InChI=1S/C14H8F2N2O3/c15-11-4-9(7-17)3-10(5-11)8-21-14-2-1-12(18(19)20)6-13(14)16/h1-6H,8H2. The Hall–Kier alpha value is -3.01. The number of nitriles is 1. The molecule has 0 heterocycles. The molecular weight excluding hydrogens is 282 g/mol. The Labute approximate surface area is 118 Å². The van der Waals surface area contributed by atoms with E-state index in [-0.39, 0.29) is 17.9 Å². The van der Waals surface area contributed by atoms with Crippen LogP contribution in [0.1, 0.15) is 11.1 Å². The summed E-state index contributed by atoms with van der Waals surface area (Å²) in [5.74, 6) is -1.68. The molecule has 0 atom stereocenters.